The number of halogens is 2. The predicted octanol–water partition coefficient (Wildman–Crippen LogP) is -0.0610. The van der Waals surface area contributed by atoms with Crippen molar-refractivity contribution in [2.75, 3.05) is 0 Å². The van der Waals surface area contributed by atoms with Gasteiger partial charge in [0.2, 0.25) is 0 Å². The zero-order valence-corrected chi connectivity index (χ0v) is 5.07. The van der Waals surface area contributed by atoms with Crippen LogP contribution in [0, 0.1) is 0 Å². The summed E-state index contributed by atoms with van der Waals surface area (Å²) in [5.74, 6) is 0. The molecule has 0 unspecified atom stereocenters. The summed E-state index contributed by atoms with van der Waals surface area (Å²) in [6.45, 7) is 0. The topological polar surface area (TPSA) is 0 Å². The molecule has 0 saturated heterocycles. The van der Waals surface area contributed by atoms with Crippen LogP contribution in [0.1, 0.15) is 0 Å². The van der Waals surface area contributed by atoms with Crippen molar-refractivity contribution in [1.29, 1.82) is 0 Å². The minimum absolute atomic E-state index is 0. The molecule has 0 rings (SSSR count). The van der Waals surface area contributed by atoms with Crippen LogP contribution in [0.2, 0.25) is 0 Å². The summed E-state index contributed by atoms with van der Waals surface area (Å²) >= 11 is 4.24. The van der Waals surface area contributed by atoms with E-state index in [0.29, 0.717) is 0 Å². The van der Waals surface area contributed by atoms with Gasteiger partial charge in [-0.1, -0.05) is 0 Å². The van der Waals surface area contributed by atoms with Crippen LogP contribution >= 0.6 is 37.2 Å². The molecular formula is H4BI2Na. The molecule has 0 N–H and O–H groups in total. The molecule has 0 aromatic heterocycles. The summed E-state index contributed by atoms with van der Waals surface area (Å²) in [6.07, 6.45) is 0. The Hall–Kier alpha value is 2.52. The van der Waals surface area contributed by atoms with Crippen LogP contribution in [0.4, 0.5) is 0 Å². The van der Waals surface area contributed by atoms with Crippen molar-refractivity contribution in [3.8, 4) is 0 Å². The first kappa shape index (κ1) is 16.0. The quantitative estimate of drug-likeness (QED) is 0.433. The van der Waals surface area contributed by atoms with E-state index >= 15 is 0 Å². The summed E-state index contributed by atoms with van der Waals surface area (Å²) in [4.78, 5) is 0. The summed E-state index contributed by atoms with van der Waals surface area (Å²) in [5.41, 5.74) is 0. The fourth-order valence-electron chi connectivity index (χ4n) is 0. The Morgan fingerprint density at radius 2 is 1.00 bits per heavy atom. The molecule has 0 spiro atoms. The second-order valence-electron chi connectivity index (χ2n) is 0. The normalized spacial score (nSPS) is 1.50. The van der Waals surface area contributed by atoms with Gasteiger partial charge in [0.05, 0.1) is 8.41 Å². The molecule has 22 valence electrons. The van der Waals surface area contributed by atoms with Crippen molar-refractivity contribution in [2.45, 2.75) is 0 Å². The Bertz CT molecular complexity index is 6.00. The molecule has 0 aliphatic carbocycles. The number of hydrogen-bond acceptors (Lipinski definition) is 0. The number of hydrogen-bond donors (Lipinski definition) is 0. The van der Waals surface area contributed by atoms with Crippen molar-refractivity contribution in [3.63, 3.8) is 0 Å². The van der Waals surface area contributed by atoms with E-state index in [0.717, 1.165) is 0 Å². The van der Waals surface area contributed by atoms with Crippen molar-refractivity contribution >= 4 is 75.2 Å². The van der Waals surface area contributed by atoms with E-state index in [1.54, 1.807) is 0 Å². The molecule has 0 aromatic carbocycles. The van der Waals surface area contributed by atoms with Gasteiger partial charge < -0.3 is 0 Å². The van der Waals surface area contributed by atoms with Crippen LogP contribution in [0.15, 0.2) is 0 Å². The first-order valence-electron chi connectivity index (χ1n) is 0.143. The fraction of sp³-hybridized carbons (Fsp3) is 0. The maximum atomic E-state index is 2.12. The molecule has 0 nitrogen and oxygen atoms in total. The van der Waals surface area contributed by atoms with Gasteiger partial charge in [-0.3, -0.25) is 0 Å². The summed E-state index contributed by atoms with van der Waals surface area (Å²) < 4.78 is 0. The zero-order valence-electron chi connectivity index (χ0n) is 0.756. The second kappa shape index (κ2) is 17.7. The Labute approximate surface area is 73.7 Å². The van der Waals surface area contributed by atoms with Crippen LogP contribution in [-0.2, 0) is 0 Å². The van der Waals surface area contributed by atoms with Crippen LogP contribution in [-0.4, -0.2) is 38.0 Å². The third-order valence-electron chi connectivity index (χ3n) is 0. The molecule has 4 heavy (non-hydrogen) atoms. The van der Waals surface area contributed by atoms with Crippen LogP contribution in [0.3, 0.4) is 0 Å². The molecule has 4 heteroatoms. The van der Waals surface area contributed by atoms with Crippen molar-refractivity contribution in [2.24, 2.45) is 0 Å². The van der Waals surface area contributed by atoms with Gasteiger partial charge in [0.1, 0.15) is 0 Å². The van der Waals surface area contributed by atoms with Gasteiger partial charge in [-0.15, -0.1) is 0 Å². The van der Waals surface area contributed by atoms with E-state index in [4.69, 9.17) is 0 Å². The van der Waals surface area contributed by atoms with Crippen molar-refractivity contribution in [3.05, 3.63) is 0 Å². The molecule has 0 atom stereocenters. The van der Waals surface area contributed by atoms with Gasteiger partial charge >= 0.3 is 29.6 Å². The molecular weight excluding hydrogens is 288 g/mol. The summed E-state index contributed by atoms with van der Waals surface area (Å²) in [7, 11) is 0. The molecule has 0 aliphatic rings. The summed E-state index contributed by atoms with van der Waals surface area (Å²) in [6, 6.07) is 0. The third kappa shape index (κ3) is 8.82. The standard InChI is InChI=1S/BH3.I2.Na.H/c;1-2;;/h1H3;;;. The predicted molar refractivity (Wildman–Crippen MR) is 45.1 cm³/mol. The van der Waals surface area contributed by atoms with E-state index in [2.05, 4.69) is 37.2 Å². The average molecular weight is 292 g/mol. The minimum atomic E-state index is 0. The van der Waals surface area contributed by atoms with E-state index in [-0.39, 0.29) is 38.0 Å². The van der Waals surface area contributed by atoms with Gasteiger partial charge in [0.15, 0.2) is 0 Å². The zero-order chi connectivity index (χ0) is 2.00. The fourth-order valence-corrected chi connectivity index (χ4v) is 0. The van der Waals surface area contributed by atoms with Gasteiger partial charge in [-0.2, -0.15) is 0 Å². The Balaban J connectivity index is -0.00000000500. The SMILES string of the molecule is B.II.[NaH]. The molecule has 0 amide bonds. The third-order valence-corrected chi connectivity index (χ3v) is 0. The maximum absolute atomic E-state index is 2.12. The van der Waals surface area contributed by atoms with Crippen molar-refractivity contribution < 1.29 is 0 Å². The molecule has 0 saturated carbocycles. The number of rotatable bonds is 0. The average Bonchev–Trinajstić information content (AvgIpc) is 1.00. The van der Waals surface area contributed by atoms with Crippen molar-refractivity contribution in [1.82, 2.24) is 0 Å². The molecule has 0 radical (unpaired) electrons. The van der Waals surface area contributed by atoms with Gasteiger partial charge in [-0.05, 0) is 0 Å². The van der Waals surface area contributed by atoms with E-state index in [1.165, 1.54) is 0 Å². The van der Waals surface area contributed by atoms with Crippen LogP contribution in [0.5, 0.6) is 0 Å². The molecule has 0 heterocycles. The van der Waals surface area contributed by atoms with E-state index in [1.807, 2.05) is 0 Å². The van der Waals surface area contributed by atoms with Crippen LogP contribution in [0.25, 0.3) is 0 Å². The molecule has 0 aliphatic heterocycles. The van der Waals surface area contributed by atoms with Gasteiger partial charge in [0.25, 0.3) is 0 Å². The summed E-state index contributed by atoms with van der Waals surface area (Å²) in [5, 5.41) is 0. The molecule has 0 bridgehead atoms. The molecule has 0 aromatic rings. The van der Waals surface area contributed by atoms with Crippen LogP contribution < -0.4 is 0 Å². The first-order valence-corrected chi connectivity index (χ1v) is 6.43. The Morgan fingerprint density at radius 3 is 1.00 bits per heavy atom. The first-order chi connectivity index (χ1) is 1.00. The Kier molecular flexibility index (Phi) is 71.1. The molecule has 0 fully saturated rings. The van der Waals surface area contributed by atoms with Gasteiger partial charge in [-0.25, -0.2) is 0 Å². The van der Waals surface area contributed by atoms with Gasteiger partial charge in [0, 0.05) is 37.2 Å². The second-order valence-corrected chi connectivity index (χ2v) is 0. The van der Waals surface area contributed by atoms with E-state index < -0.39 is 0 Å². The van der Waals surface area contributed by atoms with E-state index in [9.17, 15) is 0 Å². The Morgan fingerprint density at radius 1 is 1.00 bits per heavy atom. The monoisotopic (exact) mass is 292 g/mol.